The van der Waals surface area contributed by atoms with Gasteiger partial charge in [0.1, 0.15) is 0 Å². The topological polar surface area (TPSA) is 30.9 Å². The molecule has 130 valence electrons. The number of guanidine groups is 1. The molecule has 2 rings (SSSR count). The van der Waals surface area contributed by atoms with Crippen LogP contribution in [0.5, 0.6) is 0 Å². The van der Waals surface area contributed by atoms with E-state index in [2.05, 4.69) is 83.0 Å². The van der Waals surface area contributed by atoms with E-state index >= 15 is 0 Å². The molecule has 0 aliphatic carbocycles. The smallest absolute Gasteiger partial charge is 0.193 e. The summed E-state index contributed by atoms with van der Waals surface area (Å²) in [5, 5.41) is 5.57. The van der Waals surface area contributed by atoms with Gasteiger partial charge in [0.05, 0.1) is 0 Å². The number of hydrogen-bond donors (Lipinski definition) is 1. The number of nitrogens with one attached hydrogen (secondary N) is 1. The minimum absolute atomic E-state index is 0.790. The minimum Gasteiger partial charge on any atom is -0.352 e. The van der Waals surface area contributed by atoms with Gasteiger partial charge in [-0.15, -0.1) is 11.3 Å². The Morgan fingerprint density at radius 2 is 1.79 bits per heavy atom. The number of thiophene rings is 1. The molecule has 1 aromatic heterocycles. The van der Waals surface area contributed by atoms with E-state index < -0.39 is 0 Å². The Morgan fingerprint density at radius 1 is 1.08 bits per heavy atom. The van der Waals surface area contributed by atoms with Crippen molar-refractivity contribution in [2.75, 3.05) is 34.7 Å². The Hall–Kier alpha value is -1.85. The molecule has 0 radical (unpaired) electrons. The Kier molecular flexibility index (Phi) is 7.28. The van der Waals surface area contributed by atoms with Crippen LogP contribution < -0.4 is 5.32 Å². The van der Waals surface area contributed by atoms with Crippen molar-refractivity contribution >= 4 is 17.3 Å². The maximum atomic E-state index is 4.39. The van der Waals surface area contributed by atoms with E-state index in [9.17, 15) is 0 Å². The van der Waals surface area contributed by atoms with Crippen molar-refractivity contribution < 1.29 is 0 Å². The molecule has 0 atom stereocenters. The number of likely N-dealkylation sites (N-methyl/N-ethyl adjacent to an activating group) is 1. The molecule has 1 heterocycles. The van der Waals surface area contributed by atoms with Crippen LogP contribution in [-0.2, 0) is 19.5 Å². The predicted molar refractivity (Wildman–Crippen MR) is 105 cm³/mol. The van der Waals surface area contributed by atoms with Crippen LogP contribution in [0, 0.1) is 0 Å². The Morgan fingerprint density at radius 3 is 2.38 bits per heavy atom. The van der Waals surface area contributed by atoms with Crippen molar-refractivity contribution in [3.05, 3.63) is 57.8 Å². The highest BCUT2D eigenvalue weighted by atomic mass is 32.1. The quantitative estimate of drug-likeness (QED) is 0.619. The molecule has 0 saturated carbocycles. The molecule has 0 amide bonds. The molecule has 1 N–H and O–H groups in total. The van der Waals surface area contributed by atoms with Gasteiger partial charge in [0.15, 0.2) is 5.96 Å². The molecule has 0 spiro atoms. The van der Waals surface area contributed by atoms with Gasteiger partial charge in [0, 0.05) is 38.6 Å². The van der Waals surface area contributed by atoms with E-state index in [4.69, 9.17) is 0 Å². The maximum absolute atomic E-state index is 4.39. The molecule has 5 heteroatoms. The van der Waals surface area contributed by atoms with Crippen molar-refractivity contribution in [2.45, 2.75) is 19.5 Å². The van der Waals surface area contributed by atoms with Crippen LogP contribution in [0.2, 0.25) is 0 Å². The van der Waals surface area contributed by atoms with E-state index in [1.165, 1.54) is 16.0 Å². The summed E-state index contributed by atoms with van der Waals surface area (Å²) >= 11 is 1.81. The first-order chi connectivity index (χ1) is 11.6. The summed E-state index contributed by atoms with van der Waals surface area (Å²) in [6.07, 6.45) is 1.05. The lowest BCUT2D eigenvalue weighted by Gasteiger charge is -2.22. The van der Waals surface area contributed by atoms with E-state index in [1.807, 2.05) is 18.4 Å². The molecule has 0 unspecified atom stereocenters. The fourth-order valence-electron chi connectivity index (χ4n) is 2.53. The van der Waals surface area contributed by atoms with Gasteiger partial charge in [-0.2, -0.15) is 0 Å². The Labute approximate surface area is 149 Å². The fourth-order valence-corrected chi connectivity index (χ4v) is 3.23. The lowest BCUT2D eigenvalue weighted by molar-refractivity contribution is 0.402. The molecule has 4 nitrogen and oxygen atoms in total. The van der Waals surface area contributed by atoms with Gasteiger partial charge in [-0.3, -0.25) is 4.99 Å². The summed E-state index contributed by atoms with van der Waals surface area (Å²) in [5.74, 6) is 0.934. The second kappa shape index (κ2) is 9.45. The van der Waals surface area contributed by atoms with Crippen molar-refractivity contribution in [3.8, 4) is 0 Å². The van der Waals surface area contributed by atoms with Crippen LogP contribution in [0.4, 0.5) is 0 Å². The molecule has 2 aromatic rings. The predicted octanol–water partition coefficient (Wildman–Crippen LogP) is 3.06. The summed E-state index contributed by atoms with van der Waals surface area (Å²) in [7, 11) is 8.10. The van der Waals surface area contributed by atoms with Crippen molar-refractivity contribution in [1.82, 2.24) is 15.1 Å². The van der Waals surface area contributed by atoms with E-state index in [1.54, 1.807) is 0 Å². The van der Waals surface area contributed by atoms with E-state index in [0.717, 1.165) is 32.0 Å². The first kappa shape index (κ1) is 18.5. The van der Waals surface area contributed by atoms with Crippen LogP contribution in [0.1, 0.15) is 16.0 Å². The van der Waals surface area contributed by atoms with Crippen LogP contribution in [0.25, 0.3) is 0 Å². The fraction of sp³-hybridized carbons (Fsp3) is 0.421. The Balaban J connectivity index is 1.82. The summed E-state index contributed by atoms with van der Waals surface area (Å²) in [5.41, 5.74) is 2.60. The third-order valence-electron chi connectivity index (χ3n) is 3.82. The number of rotatable bonds is 7. The first-order valence-corrected chi connectivity index (χ1v) is 9.13. The zero-order valence-electron chi connectivity index (χ0n) is 15.1. The summed E-state index contributed by atoms with van der Waals surface area (Å²) in [6, 6.07) is 13.0. The molecule has 0 aliphatic heterocycles. The molecule has 0 saturated heterocycles. The van der Waals surface area contributed by atoms with Gasteiger partial charge in [-0.05, 0) is 43.1 Å². The molecule has 0 fully saturated rings. The third-order valence-corrected chi connectivity index (χ3v) is 4.76. The molecule has 0 bridgehead atoms. The highest BCUT2D eigenvalue weighted by Gasteiger charge is 2.06. The monoisotopic (exact) mass is 344 g/mol. The molecule has 1 aromatic carbocycles. The van der Waals surface area contributed by atoms with Crippen LogP contribution in [-0.4, -0.2) is 50.5 Å². The van der Waals surface area contributed by atoms with Crippen LogP contribution >= 0.6 is 11.3 Å². The second-order valence-electron chi connectivity index (χ2n) is 6.21. The van der Waals surface area contributed by atoms with Gasteiger partial charge in [-0.1, -0.05) is 30.3 Å². The Bertz CT molecular complexity index is 617. The van der Waals surface area contributed by atoms with Gasteiger partial charge in [0.25, 0.3) is 0 Å². The van der Waals surface area contributed by atoms with Crippen LogP contribution in [0.3, 0.4) is 0 Å². The summed E-state index contributed by atoms with van der Waals surface area (Å²) < 4.78 is 0. The molecular formula is C19H28N4S. The number of hydrogen-bond acceptors (Lipinski definition) is 3. The largest absolute Gasteiger partial charge is 0.352 e. The molecular weight excluding hydrogens is 316 g/mol. The average molecular weight is 345 g/mol. The maximum Gasteiger partial charge on any atom is 0.193 e. The highest BCUT2D eigenvalue weighted by Crippen LogP contribution is 2.10. The highest BCUT2D eigenvalue weighted by molar-refractivity contribution is 7.09. The van der Waals surface area contributed by atoms with Crippen molar-refractivity contribution in [3.63, 3.8) is 0 Å². The third kappa shape index (κ3) is 5.98. The number of nitrogens with zero attached hydrogens (tertiary/aromatic N) is 3. The van der Waals surface area contributed by atoms with Gasteiger partial charge < -0.3 is 15.1 Å². The number of aliphatic imine (C=N–C) groups is 1. The van der Waals surface area contributed by atoms with Gasteiger partial charge >= 0.3 is 0 Å². The summed E-state index contributed by atoms with van der Waals surface area (Å²) in [4.78, 5) is 10.2. The average Bonchev–Trinajstić information content (AvgIpc) is 3.08. The minimum atomic E-state index is 0.790. The van der Waals surface area contributed by atoms with Gasteiger partial charge in [-0.25, -0.2) is 0 Å². The zero-order valence-corrected chi connectivity index (χ0v) is 15.9. The lowest BCUT2D eigenvalue weighted by atomic mass is 10.1. The second-order valence-corrected chi connectivity index (χ2v) is 7.24. The SMILES string of the molecule is CN=C(NCc1ccc(CN(C)C)cc1)N(C)CCc1cccs1. The zero-order chi connectivity index (χ0) is 17.4. The van der Waals surface area contributed by atoms with Crippen LogP contribution in [0.15, 0.2) is 46.8 Å². The summed E-state index contributed by atoms with van der Waals surface area (Å²) in [6.45, 7) is 2.72. The van der Waals surface area contributed by atoms with Gasteiger partial charge in [0.2, 0.25) is 0 Å². The first-order valence-electron chi connectivity index (χ1n) is 8.25. The van der Waals surface area contributed by atoms with Crippen molar-refractivity contribution in [2.24, 2.45) is 4.99 Å². The van der Waals surface area contributed by atoms with Crippen molar-refractivity contribution in [1.29, 1.82) is 0 Å². The molecule has 0 aliphatic rings. The lowest BCUT2D eigenvalue weighted by Crippen LogP contribution is -2.39. The molecule has 24 heavy (non-hydrogen) atoms. The van der Waals surface area contributed by atoms with E-state index in [0.29, 0.717) is 0 Å². The number of benzene rings is 1. The standard InChI is InChI=1S/C19H28N4S/c1-20-19(23(4)12-11-18-6-5-13-24-18)21-14-16-7-9-17(10-8-16)15-22(2)3/h5-10,13H,11-12,14-15H2,1-4H3,(H,20,21). The normalized spacial score (nSPS) is 11.8. The van der Waals surface area contributed by atoms with E-state index in [-0.39, 0.29) is 0 Å².